The lowest BCUT2D eigenvalue weighted by molar-refractivity contribution is -1.04. The molecule has 0 aromatic heterocycles. The summed E-state index contributed by atoms with van der Waals surface area (Å²) in [6.07, 6.45) is 9.36. The Morgan fingerprint density at radius 2 is 1.44 bits per heavy atom. The lowest BCUT2D eigenvalue weighted by Gasteiger charge is -2.58. The summed E-state index contributed by atoms with van der Waals surface area (Å²) in [6, 6.07) is 10.4. The van der Waals surface area contributed by atoms with Crippen molar-refractivity contribution in [2.75, 3.05) is 32.7 Å². The molecule has 0 unspecified atom stereocenters. The molecule has 1 aromatic rings. The van der Waals surface area contributed by atoms with Crippen molar-refractivity contribution >= 4 is 0 Å². The van der Waals surface area contributed by atoms with Crippen molar-refractivity contribution in [3.05, 3.63) is 35.9 Å². The fourth-order valence-corrected chi connectivity index (χ4v) is 6.95. The Bertz CT molecular complexity index is 625. The van der Waals surface area contributed by atoms with Crippen LogP contribution in [0.5, 0.6) is 0 Å². The van der Waals surface area contributed by atoms with Gasteiger partial charge in [-0.15, -0.1) is 0 Å². The van der Waals surface area contributed by atoms with E-state index in [1.165, 1.54) is 26.2 Å². The SMILES string of the molecule is C(#Cc1ccccc1)C[NH+]1CC[NH+](C23CC4CC(CC(C4)C2)C3)CC1. The molecule has 6 rings (SSSR count). The first-order valence-electron chi connectivity index (χ1n) is 10.5. The van der Waals surface area contributed by atoms with E-state index in [4.69, 9.17) is 0 Å². The van der Waals surface area contributed by atoms with Gasteiger partial charge >= 0.3 is 0 Å². The number of quaternary nitrogens is 2. The monoisotopic (exact) mass is 336 g/mol. The van der Waals surface area contributed by atoms with E-state index in [2.05, 4.69) is 42.2 Å². The zero-order valence-electron chi connectivity index (χ0n) is 15.4. The van der Waals surface area contributed by atoms with Crippen molar-refractivity contribution in [1.29, 1.82) is 0 Å². The molecule has 5 fully saturated rings. The van der Waals surface area contributed by atoms with E-state index in [-0.39, 0.29) is 0 Å². The molecular weight excluding hydrogens is 304 g/mol. The van der Waals surface area contributed by atoms with Crippen molar-refractivity contribution < 1.29 is 9.80 Å². The smallest absolute Gasteiger partial charge is 0.140 e. The largest absolute Gasteiger partial charge is 0.321 e. The standard InChI is InChI=1S/C23H30N2/c1-2-5-19(6-3-1)7-4-8-24-9-11-25(12-10-24)23-16-20-13-21(17-23)15-22(14-20)18-23/h1-3,5-6,20-22H,8-18H2/p+2. The maximum absolute atomic E-state index is 3.43. The molecule has 0 atom stereocenters. The average molecular weight is 337 g/mol. The number of rotatable bonds is 2. The predicted molar refractivity (Wildman–Crippen MR) is 100 cm³/mol. The Morgan fingerprint density at radius 1 is 0.840 bits per heavy atom. The highest BCUT2D eigenvalue weighted by atomic mass is 15.3. The molecule has 1 aromatic carbocycles. The molecule has 1 heterocycles. The Hall–Kier alpha value is -1.30. The molecule has 0 amide bonds. The predicted octanol–water partition coefficient (Wildman–Crippen LogP) is 0.790. The number of hydrogen-bond acceptors (Lipinski definition) is 0. The van der Waals surface area contributed by atoms with E-state index < -0.39 is 0 Å². The van der Waals surface area contributed by atoms with Crippen LogP contribution in [-0.4, -0.2) is 38.3 Å². The van der Waals surface area contributed by atoms with E-state index in [1.807, 2.05) is 4.90 Å². The molecule has 2 nitrogen and oxygen atoms in total. The molecule has 132 valence electrons. The van der Waals surface area contributed by atoms with Gasteiger partial charge in [0.1, 0.15) is 32.7 Å². The van der Waals surface area contributed by atoms with Gasteiger partial charge < -0.3 is 9.80 Å². The van der Waals surface area contributed by atoms with Gasteiger partial charge in [0.2, 0.25) is 0 Å². The minimum Gasteiger partial charge on any atom is -0.321 e. The second-order valence-corrected chi connectivity index (χ2v) is 9.40. The lowest BCUT2D eigenvalue weighted by atomic mass is 9.52. The second-order valence-electron chi connectivity index (χ2n) is 9.40. The zero-order valence-corrected chi connectivity index (χ0v) is 15.4. The molecule has 0 spiro atoms. The van der Waals surface area contributed by atoms with E-state index in [9.17, 15) is 0 Å². The molecule has 1 saturated heterocycles. The third-order valence-electron chi connectivity index (χ3n) is 7.69. The van der Waals surface area contributed by atoms with Gasteiger partial charge in [-0.3, -0.25) is 0 Å². The third kappa shape index (κ3) is 3.14. The molecule has 25 heavy (non-hydrogen) atoms. The Kier molecular flexibility index (Phi) is 4.11. The Labute approximate surface area is 152 Å². The summed E-state index contributed by atoms with van der Waals surface area (Å²) >= 11 is 0. The fraction of sp³-hybridized carbons (Fsp3) is 0.652. The second kappa shape index (κ2) is 6.45. The van der Waals surface area contributed by atoms with Crippen LogP contribution in [0.15, 0.2) is 30.3 Å². The van der Waals surface area contributed by atoms with Crippen LogP contribution >= 0.6 is 0 Å². The summed E-state index contributed by atoms with van der Waals surface area (Å²) in [4.78, 5) is 3.68. The van der Waals surface area contributed by atoms with Gasteiger partial charge in [-0.25, -0.2) is 0 Å². The van der Waals surface area contributed by atoms with Crippen LogP contribution in [0.1, 0.15) is 44.1 Å². The molecule has 5 aliphatic rings. The third-order valence-corrected chi connectivity index (χ3v) is 7.69. The maximum Gasteiger partial charge on any atom is 0.140 e. The quantitative estimate of drug-likeness (QED) is 0.739. The van der Waals surface area contributed by atoms with Gasteiger partial charge in [0.25, 0.3) is 0 Å². The van der Waals surface area contributed by atoms with Crippen LogP contribution < -0.4 is 9.80 Å². The van der Waals surface area contributed by atoms with Gasteiger partial charge in [0, 0.05) is 24.8 Å². The minimum absolute atomic E-state index is 0.690. The van der Waals surface area contributed by atoms with Gasteiger partial charge in [0.05, 0.1) is 5.54 Å². The minimum atomic E-state index is 0.690. The molecule has 1 aliphatic heterocycles. The Morgan fingerprint density at radius 3 is 2.04 bits per heavy atom. The van der Waals surface area contributed by atoms with Crippen LogP contribution in [0.25, 0.3) is 0 Å². The van der Waals surface area contributed by atoms with Crippen LogP contribution in [0.3, 0.4) is 0 Å². The molecule has 4 aliphatic carbocycles. The molecule has 2 N–H and O–H groups in total. The molecule has 2 heteroatoms. The molecule has 4 bridgehead atoms. The van der Waals surface area contributed by atoms with Crippen LogP contribution in [-0.2, 0) is 0 Å². The van der Waals surface area contributed by atoms with E-state index >= 15 is 0 Å². The molecule has 4 saturated carbocycles. The summed E-state index contributed by atoms with van der Waals surface area (Å²) in [6.45, 7) is 6.42. The van der Waals surface area contributed by atoms with E-state index in [0.717, 1.165) is 29.9 Å². The fourth-order valence-electron chi connectivity index (χ4n) is 6.95. The summed E-state index contributed by atoms with van der Waals surface area (Å²) in [7, 11) is 0. The van der Waals surface area contributed by atoms with E-state index in [1.54, 1.807) is 43.4 Å². The van der Waals surface area contributed by atoms with Crippen LogP contribution in [0.4, 0.5) is 0 Å². The summed E-state index contributed by atoms with van der Waals surface area (Å²) in [5.41, 5.74) is 1.84. The van der Waals surface area contributed by atoms with Crippen LogP contribution in [0.2, 0.25) is 0 Å². The summed E-state index contributed by atoms with van der Waals surface area (Å²) in [5, 5.41) is 0. The number of piperazine rings is 1. The molecular formula is C23H32N2+2. The van der Waals surface area contributed by atoms with Gasteiger partial charge in [-0.2, -0.15) is 0 Å². The first-order valence-corrected chi connectivity index (χ1v) is 10.5. The first kappa shape index (κ1) is 15.9. The van der Waals surface area contributed by atoms with Gasteiger partial charge in [0.15, 0.2) is 0 Å². The first-order chi connectivity index (χ1) is 12.3. The average Bonchev–Trinajstić information content (AvgIpc) is 2.62. The number of hydrogen-bond donors (Lipinski definition) is 2. The van der Waals surface area contributed by atoms with E-state index in [0.29, 0.717) is 5.54 Å². The highest BCUT2D eigenvalue weighted by molar-refractivity contribution is 5.33. The number of nitrogens with one attached hydrogen (secondary N) is 2. The summed E-state index contributed by atoms with van der Waals surface area (Å²) < 4.78 is 0. The lowest BCUT2D eigenvalue weighted by Crippen LogP contribution is -3.32. The van der Waals surface area contributed by atoms with Gasteiger partial charge in [-0.1, -0.05) is 24.1 Å². The van der Waals surface area contributed by atoms with Crippen molar-refractivity contribution in [2.45, 2.75) is 44.1 Å². The maximum atomic E-state index is 3.43. The van der Waals surface area contributed by atoms with Crippen molar-refractivity contribution in [1.82, 2.24) is 0 Å². The number of benzene rings is 1. The van der Waals surface area contributed by atoms with Crippen LogP contribution in [0, 0.1) is 29.6 Å². The van der Waals surface area contributed by atoms with Crippen molar-refractivity contribution in [3.8, 4) is 11.8 Å². The van der Waals surface area contributed by atoms with Crippen molar-refractivity contribution in [3.63, 3.8) is 0 Å². The normalized spacial score (nSPS) is 42.0. The topological polar surface area (TPSA) is 8.88 Å². The highest BCUT2D eigenvalue weighted by Gasteiger charge is 2.56. The summed E-state index contributed by atoms with van der Waals surface area (Å²) in [5.74, 6) is 10.0. The Balaban J connectivity index is 1.18. The van der Waals surface area contributed by atoms with Gasteiger partial charge in [-0.05, 0) is 55.1 Å². The zero-order chi connectivity index (χ0) is 16.7. The van der Waals surface area contributed by atoms with Crippen molar-refractivity contribution in [2.24, 2.45) is 17.8 Å². The molecule has 0 radical (unpaired) electrons. The highest BCUT2D eigenvalue weighted by Crippen LogP contribution is 2.54.